The third kappa shape index (κ3) is 1.79. The number of hydrogen-bond donors (Lipinski definition) is 2. The van der Waals surface area contributed by atoms with Crippen LogP contribution in [0.1, 0.15) is 49.7 Å². The summed E-state index contributed by atoms with van der Waals surface area (Å²) in [5.41, 5.74) is 8.34. The number of carbonyl (C=O) groups excluding carboxylic acids is 1. The molecule has 0 spiro atoms. The van der Waals surface area contributed by atoms with Crippen molar-refractivity contribution in [1.29, 1.82) is 0 Å². The molecule has 0 unspecified atom stereocenters. The van der Waals surface area contributed by atoms with Crippen molar-refractivity contribution in [2.75, 3.05) is 0 Å². The number of amides is 1. The maximum Gasteiger partial charge on any atom is 0.230 e. The molecule has 0 saturated heterocycles. The van der Waals surface area contributed by atoms with E-state index in [-0.39, 0.29) is 16.9 Å². The summed E-state index contributed by atoms with van der Waals surface area (Å²) in [5.74, 6) is 0.228. The van der Waals surface area contributed by atoms with Crippen molar-refractivity contribution in [1.82, 2.24) is 5.32 Å². The molecule has 3 heteroatoms. The van der Waals surface area contributed by atoms with Crippen LogP contribution in [-0.2, 0) is 15.7 Å². The zero-order valence-electron chi connectivity index (χ0n) is 11.1. The summed E-state index contributed by atoms with van der Waals surface area (Å²) in [6.07, 6.45) is 6.32. The molecule has 3 aliphatic carbocycles. The Morgan fingerprint density at radius 3 is 2.26 bits per heavy atom. The minimum atomic E-state index is -0.270. The van der Waals surface area contributed by atoms with Crippen molar-refractivity contribution in [3.8, 4) is 0 Å². The van der Waals surface area contributed by atoms with Crippen molar-refractivity contribution in [3.05, 3.63) is 35.4 Å². The largest absolute Gasteiger partial charge is 0.353 e. The molecule has 0 heterocycles. The van der Waals surface area contributed by atoms with Gasteiger partial charge in [0.05, 0.1) is 5.41 Å². The van der Waals surface area contributed by atoms with Crippen LogP contribution in [0.25, 0.3) is 0 Å². The molecule has 3 fully saturated rings. The van der Waals surface area contributed by atoms with Crippen molar-refractivity contribution >= 4 is 5.91 Å². The molecule has 0 atom stereocenters. The van der Waals surface area contributed by atoms with Gasteiger partial charge in [-0.25, -0.2) is 0 Å². The number of benzene rings is 1. The van der Waals surface area contributed by atoms with Crippen LogP contribution in [0.3, 0.4) is 0 Å². The fourth-order valence-electron chi connectivity index (χ4n) is 3.03. The SMILES string of the molecule is NC1(c2ccccc2C2(C(=O)NC3CC3)CC2)CC1. The van der Waals surface area contributed by atoms with Crippen LogP contribution in [0.4, 0.5) is 0 Å². The predicted molar refractivity (Wildman–Crippen MR) is 73.6 cm³/mol. The maximum atomic E-state index is 12.5. The number of carbonyl (C=O) groups is 1. The van der Waals surface area contributed by atoms with Crippen LogP contribution < -0.4 is 11.1 Å². The van der Waals surface area contributed by atoms with Crippen LogP contribution >= 0.6 is 0 Å². The smallest absolute Gasteiger partial charge is 0.230 e. The molecule has 4 rings (SSSR count). The third-order valence-corrected chi connectivity index (χ3v) is 4.86. The second-order valence-corrected chi connectivity index (χ2v) is 6.53. The second-order valence-electron chi connectivity index (χ2n) is 6.53. The van der Waals surface area contributed by atoms with Crippen LogP contribution in [0.15, 0.2) is 24.3 Å². The van der Waals surface area contributed by atoms with Crippen molar-refractivity contribution in [2.24, 2.45) is 5.73 Å². The van der Waals surface area contributed by atoms with Crippen molar-refractivity contribution in [3.63, 3.8) is 0 Å². The van der Waals surface area contributed by atoms with Gasteiger partial charge in [0, 0.05) is 11.6 Å². The number of rotatable bonds is 4. The summed E-state index contributed by atoms with van der Waals surface area (Å²) in [6.45, 7) is 0. The summed E-state index contributed by atoms with van der Waals surface area (Å²) in [7, 11) is 0. The first-order valence-electron chi connectivity index (χ1n) is 7.34. The van der Waals surface area contributed by atoms with E-state index in [0.29, 0.717) is 6.04 Å². The minimum absolute atomic E-state index is 0.161. The molecule has 0 aromatic heterocycles. The Hall–Kier alpha value is -1.35. The number of nitrogens with two attached hydrogens (primary N) is 1. The lowest BCUT2D eigenvalue weighted by Crippen LogP contribution is -2.37. The standard InChI is InChI=1S/C16H20N2O/c17-16(9-10-16)13-4-2-1-3-12(13)15(7-8-15)14(19)18-11-5-6-11/h1-4,11H,5-10,17H2,(H,18,19). The highest BCUT2D eigenvalue weighted by molar-refractivity contribution is 5.92. The average Bonchev–Trinajstić information content (AvgIpc) is 3.23. The van der Waals surface area contributed by atoms with Gasteiger partial charge in [-0.05, 0) is 49.7 Å². The lowest BCUT2D eigenvalue weighted by atomic mass is 9.86. The summed E-state index contributed by atoms with van der Waals surface area (Å²) < 4.78 is 0. The molecule has 100 valence electrons. The monoisotopic (exact) mass is 256 g/mol. The van der Waals surface area contributed by atoms with Crippen molar-refractivity contribution in [2.45, 2.75) is 55.5 Å². The Balaban J connectivity index is 1.69. The molecule has 1 aromatic rings. The predicted octanol–water partition coefficient (Wildman–Crippen LogP) is 1.94. The normalized spacial score (nSPS) is 25.7. The van der Waals surface area contributed by atoms with E-state index in [2.05, 4.69) is 17.4 Å². The zero-order chi connectivity index (χ0) is 13.1. The van der Waals surface area contributed by atoms with Gasteiger partial charge in [0.1, 0.15) is 0 Å². The van der Waals surface area contributed by atoms with Crippen LogP contribution in [0.5, 0.6) is 0 Å². The molecular formula is C16H20N2O. The fourth-order valence-corrected chi connectivity index (χ4v) is 3.03. The molecule has 0 bridgehead atoms. The first-order chi connectivity index (χ1) is 9.14. The summed E-state index contributed by atoms with van der Waals surface area (Å²) in [6, 6.07) is 8.74. The van der Waals surface area contributed by atoms with Gasteiger partial charge < -0.3 is 11.1 Å². The molecule has 3 aliphatic rings. The first kappa shape index (κ1) is 11.5. The van der Waals surface area contributed by atoms with Gasteiger partial charge in [-0.3, -0.25) is 4.79 Å². The minimum Gasteiger partial charge on any atom is -0.353 e. The quantitative estimate of drug-likeness (QED) is 0.865. The topological polar surface area (TPSA) is 55.1 Å². The summed E-state index contributed by atoms with van der Waals surface area (Å²) in [5, 5.41) is 3.17. The molecule has 3 saturated carbocycles. The van der Waals surface area contributed by atoms with E-state index >= 15 is 0 Å². The number of hydrogen-bond acceptors (Lipinski definition) is 2. The van der Waals surface area contributed by atoms with E-state index in [4.69, 9.17) is 5.73 Å². The molecule has 1 amide bonds. The van der Waals surface area contributed by atoms with Gasteiger partial charge in [-0.2, -0.15) is 0 Å². The second kappa shape index (κ2) is 3.60. The fraction of sp³-hybridized carbons (Fsp3) is 0.562. The molecule has 19 heavy (non-hydrogen) atoms. The molecule has 1 aromatic carbocycles. The van der Waals surface area contributed by atoms with Gasteiger partial charge in [-0.15, -0.1) is 0 Å². The summed E-state index contributed by atoms with van der Waals surface area (Å²) >= 11 is 0. The van der Waals surface area contributed by atoms with Gasteiger partial charge in [0.25, 0.3) is 0 Å². The van der Waals surface area contributed by atoms with Gasteiger partial charge in [-0.1, -0.05) is 24.3 Å². The lowest BCUT2D eigenvalue weighted by Gasteiger charge is -2.22. The van der Waals surface area contributed by atoms with Gasteiger partial charge in [0.15, 0.2) is 0 Å². The molecule has 3 N–H and O–H groups in total. The van der Waals surface area contributed by atoms with Crippen molar-refractivity contribution < 1.29 is 4.79 Å². The molecule has 3 nitrogen and oxygen atoms in total. The average molecular weight is 256 g/mol. The van der Waals surface area contributed by atoms with Gasteiger partial charge >= 0.3 is 0 Å². The van der Waals surface area contributed by atoms with E-state index in [1.165, 1.54) is 11.1 Å². The Bertz CT molecular complexity index is 539. The highest BCUT2D eigenvalue weighted by Crippen LogP contribution is 2.54. The van der Waals surface area contributed by atoms with E-state index < -0.39 is 0 Å². The Labute approximate surface area is 113 Å². The first-order valence-corrected chi connectivity index (χ1v) is 7.34. The molecule has 0 aliphatic heterocycles. The third-order valence-electron chi connectivity index (χ3n) is 4.86. The van der Waals surface area contributed by atoms with Gasteiger partial charge in [0.2, 0.25) is 5.91 Å². The summed E-state index contributed by atoms with van der Waals surface area (Å²) in [4.78, 5) is 12.5. The molecular weight excluding hydrogens is 236 g/mol. The highest BCUT2D eigenvalue weighted by Gasteiger charge is 2.55. The van der Waals surface area contributed by atoms with E-state index in [0.717, 1.165) is 38.5 Å². The number of nitrogens with one attached hydrogen (secondary N) is 1. The lowest BCUT2D eigenvalue weighted by molar-refractivity contribution is -0.123. The van der Waals surface area contributed by atoms with E-state index in [1.807, 2.05) is 12.1 Å². The zero-order valence-corrected chi connectivity index (χ0v) is 11.1. The Morgan fingerprint density at radius 1 is 1.11 bits per heavy atom. The van der Waals surface area contributed by atoms with E-state index in [1.54, 1.807) is 0 Å². The van der Waals surface area contributed by atoms with E-state index in [9.17, 15) is 4.79 Å². The Kier molecular flexibility index (Phi) is 2.17. The van der Waals surface area contributed by atoms with Crippen LogP contribution in [0, 0.1) is 0 Å². The Morgan fingerprint density at radius 2 is 1.74 bits per heavy atom. The molecule has 0 radical (unpaired) electrons. The van der Waals surface area contributed by atoms with Crippen LogP contribution in [0.2, 0.25) is 0 Å². The van der Waals surface area contributed by atoms with Crippen LogP contribution in [-0.4, -0.2) is 11.9 Å². The highest BCUT2D eigenvalue weighted by atomic mass is 16.2. The maximum absolute atomic E-state index is 12.5.